The first-order chi connectivity index (χ1) is 6.35. The molecule has 0 aliphatic heterocycles. The molecule has 0 spiro atoms. The van der Waals surface area contributed by atoms with E-state index in [-0.39, 0.29) is 6.10 Å². The zero-order chi connectivity index (χ0) is 9.94. The lowest BCUT2D eigenvalue weighted by atomic mass is 10.2. The average molecular weight is 197 g/mol. The molecular formula is C10H17O2Si. The molecule has 3 heteroatoms. The Morgan fingerprint density at radius 3 is 2.23 bits per heavy atom. The zero-order valence-corrected chi connectivity index (χ0v) is 9.00. The Balaban J connectivity index is 3.43. The van der Waals surface area contributed by atoms with Crippen molar-refractivity contribution in [2.45, 2.75) is 25.4 Å². The van der Waals surface area contributed by atoms with Crippen LogP contribution < -0.4 is 0 Å². The van der Waals surface area contributed by atoms with Gasteiger partial charge in [-0.1, -0.05) is 12.2 Å². The van der Waals surface area contributed by atoms with Crippen LogP contribution in [0.15, 0.2) is 25.3 Å². The molecule has 0 saturated heterocycles. The molecule has 2 nitrogen and oxygen atoms in total. The third kappa shape index (κ3) is 7.96. The summed E-state index contributed by atoms with van der Waals surface area (Å²) in [5.41, 5.74) is 0. The Hall–Kier alpha value is -0.383. The van der Waals surface area contributed by atoms with Gasteiger partial charge in [-0.2, -0.15) is 0 Å². The summed E-state index contributed by atoms with van der Waals surface area (Å²) >= 11 is 0. The van der Waals surface area contributed by atoms with E-state index in [2.05, 4.69) is 23.6 Å². The molecule has 0 bridgehead atoms. The first-order valence-corrected chi connectivity index (χ1v) is 4.87. The van der Waals surface area contributed by atoms with Crippen LogP contribution in [0.25, 0.3) is 0 Å². The Morgan fingerprint density at radius 2 is 1.77 bits per heavy atom. The number of rotatable bonds is 9. The van der Waals surface area contributed by atoms with E-state index in [1.54, 1.807) is 0 Å². The Morgan fingerprint density at radius 1 is 1.15 bits per heavy atom. The van der Waals surface area contributed by atoms with Gasteiger partial charge in [-0.3, -0.25) is 0 Å². The van der Waals surface area contributed by atoms with Gasteiger partial charge in [0.15, 0.2) is 0 Å². The van der Waals surface area contributed by atoms with Crippen molar-refractivity contribution in [1.29, 1.82) is 0 Å². The van der Waals surface area contributed by atoms with Crippen molar-refractivity contribution >= 4 is 10.5 Å². The minimum atomic E-state index is 0.227. The second-order valence-electron chi connectivity index (χ2n) is 2.74. The highest BCUT2D eigenvalue weighted by atomic mass is 28.2. The molecule has 0 fully saturated rings. The molecule has 0 aromatic rings. The topological polar surface area (TPSA) is 18.5 Å². The van der Waals surface area contributed by atoms with E-state index in [4.69, 9.17) is 9.16 Å². The van der Waals surface area contributed by atoms with Gasteiger partial charge in [-0.05, 0) is 19.3 Å². The maximum atomic E-state index is 5.58. The van der Waals surface area contributed by atoms with Gasteiger partial charge in [-0.25, -0.2) is 0 Å². The molecule has 0 aromatic heterocycles. The van der Waals surface area contributed by atoms with Crippen LogP contribution in [0.3, 0.4) is 0 Å². The molecular weight excluding hydrogens is 180 g/mol. The maximum absolute atomic E-state index is 5.58. The summed E-state index contributed by atoms with van der Waals surface area (Å²) in [7, 11) is 2.93. The fraction of sp³-hybridized carbons (Fsp3) is 0.600. The monoisotopic (exact) mass is 197 g/mol. The fourth-order valence-corrected chi connectivity index (χ4v) is 1.13. The summed E-state index contributed by atoms with van der Waals surface area (Å²) in [6, 6.07) is 0. The molecule has 0 saturated carbocycles. The molecule has 0 amide bonds. The quantitative estimate of drug-likeness (QED) is 0.320. The molecule has 0 aliphatic carbocycles. The highest BCUT2D eigenvalue weighted by Gasteiger charge is 2.03. The van der Waals surface area contributed by atoms with E-state index in [9.17, 15) is 0 Å². The van der Waals surface area contributed by atoms with Crippen molar-refractivity contribution in [3.05, 3.63) is 25.3 Å². The van der Waals surface area contributed by atoms with Gasteiger partial charge in [0.2, 0.25) is 10.5 Å². The van der Waals surface area contributed by atoms with Crippen LogP contribution in [0.1, 0.15) is 19.3 Å². The van der Waals surface area contributed by atoms with Gasteiger partial charge in [-0.15, -0.1) is 13.2 Å². The largest absolute Gasteiger partial charge is 0.419 e. The average Bonchev–Trinajstić information content (AvgIpc) is 2.13. The minimum Gasteiger partial charge on any atom is -0.419 e. The number of hydrogen-bond acceptors (Lipinski definition) is 2. The molecule has 0 atom stereocenters. The standard InChI is InChI=1S/C10H17O2Si/c1-3-6-10(7-4-2)11-8-5-9-12-13/h3-4,10H,1-2,5-9H2. The smallest absolute Gasteiger partial charge is 0.246 e. The van der Waals surface area contributed by atoms with Gasteiger partial charge in [0, 0.05) is 13.2 Å². The number of ether oxygens (including phenoxy) is 1. The predicted octanol–water partition coefficient (Wildman–Crippen LogP) is 2.01. The van der Waals surface area contributed by atoms with Crippen molar-refractivity contribution in [2.24, 2.45) is 0 Å². The summed E-state index contributed by atoms with van der Waals surface area (Å²) in [6.45, 7) is 8.75. The summed E-state index contributed by atoms with van der Waals surface area (Å²) in [4.78, 5) is 0. The molecule has 0 heterocycles. The molecule has 0 unspecified atom stereocenters. The minimum absolute atomic E-state index is 0.227. The lowest BCUT2D eigenvalue weighted by Gasteiger charge is -2.13. The zero-order valence-electron chi connectivity index (χ0n) is 8.00. The molecule has 3 radical (unpaired) electrons. The molecule has 0 rings (SSSR count). The van der Waals surface area contributed by atoms with Gasteiger partial charge < -0.3 is 9.16 Å². The van der Waals surface area contributed by atoms with Gasteiger partial charge in [0.05, 0.1) is 6.10 Å². The molecule has 0 N–H and O–H groups in total. The summed E-state index contributed by atoms with van der Waals surface area (Å²) < 4.78 is 10.3. The maximum Gasteiger partial charge on any atom is 0.246 e. The summed E-state index contributed by atoms with van der Waals surface area (Å²) in [5, 5.41) is 0. The number of hydrogen-bond donors (Lipinski definition) is 0. The van der Waals surface area contributed by atoms with Gasteiger partial charge in [0.1, 0.15) is 0 Å². The van der Waals surface area contributed by atoms with E-state index >= 15 is 0 Å². The van der Waals surface area contributed by atoms with E-state index < -0.39 is 0 Å². The van der Waals surface area contributed by atoms with Gasteiger partial charge in [0.25, 0.3) is 0 Å². The molecule has 0 aromatic carbocycles. The van der Waals surface area contributed by atoms with Crippen LogP contribution >= 0.6 is 0 Å². The van der Waals surface area contributed by atoms with E-state index in [0.29, 0.717) is 6.61 Å². The predicted molar refractivity (Wildman–Crippen MR) is 55.7 cm³/mol. The SMILES string of the molecule is C=CCC(CC=C)OCCCO[Si]. The van der Waals surface area contributed by atoms with Crippen LogP contribution in [-0.2, 0) is 9.16 Å². The fourth-order valence-electron chi connectivity index (χ4n) is 0.985. The van der Waals surface area contributed by atoms with Gasteiger partial charge >= 0.3 is 0 Å². The van der Waals surface area contributed by atoms with E-state index in [0.717, 1.165) is 25.9 Å². The summed E-state index contributed by atoms with van der Waals surface area (Å²) in [5.74, 6) is 0. The third-order valence-corrected chi connectivity index (χ3v) is 1.81. The van der Waals surface area contributed by atoms with Crippen LogP contribution in [0.4, 0.5) is 0 Å². The molecule has 73 valence electrons. The van der Waals surface area contributed by atoms with Crippen molar-refractivity contribution in [3.63, 3.8) is 0 Å². The second-order valence-corrected chi connectivity index (χ2v) is 3.03. The first-order valence-electron chi connectivity index (χ1n) is 4.47. The van der Waals surface area contributed by atoms with Crippen molar-refractivity contribution in [3.8, 4) is 0 Å². The van der Waals surface area contributed by atoms with E-state index in [1.165, 1.54) is 0 Å². The lowest BCUT2D eigenvalue weighted by Crippen LogP contribution is -2.12. The Kier molecular flexibility index (Phi) is 9.42. The van der Waals surface area contributed by atoms with Crippen LogP contribution in [-0.4, -0.2) is 29.8 Å². The van der Waals surface area contributed by atoms with Crippen LogP contribution in [0.5, 0.6) is 0 Å². The molecule has 13 heavy (non-hydrogen) atoms. The highest BCUT2D eigenvalue weighted by Crippen LogP contribution is 2.05. The lowest BCUT2D eigenvalue weighted by molar-refractivity contribution is 0.0502. The van der Waals surface area contributed by atoms with Crippen molar-refractivity contribution < 1.29 is 9.16 Å². The normalized spacial score (nSPS) is 10.3. The molecule has 0 aliphatic rings. The summed E-state index contributed by atoms with van der Waals surface area (Å²) in [6.07, 6.45) is 6.61. The second kappa shape index (κ2) is 9.70. The van der Waals surface area contributed by atoms with Crippen molar-refractivity contribution in [2.75, 3.05) is 13.2 Å². The van der Waals surface area contributed by atoms with Crippen LogP contribution in [0, 0.1) is 0 Å². The Bertz CT molecular complexity index is 127. The highest BCUT2D eigenvalue weighted by molar-refractivity contribution is 5.97. The van der Waals surface area contributed by atoms with Crippen molar-refractivity contribution in [1.82, 2.24) is 0 Å². The van der Waals surface area contributed by atoms with E-state index in [1.807, 2.05) is 12.2 Å². The Labute approximate surface area is 84.2 Å². The first kappa shape index (κ1) is 12.6. The van der Waals surface area contributed by atoms with Crippen LogP contribution in [0.2, 0.25) is 0 Å². The third-order valence-electron chi connectivity index (χ3n) is 1.60.